The average molecular weight is 237 g/mol. The standard InChI is InChI=1S/C13H23N3O/c1-5-6-17-10-12-14-7-11(8-15-12)9-16-13(2,3)4/h7-8,16H,5-6,9-10H2,1-4H3. The molecule has 0 amide bonds. The lowest BCUT2D eigenvalue weighted by atomic mass is 10.1. The number of aromatic nitrogens is 2. The van der Waals surface area contributed by atoms with Gasteiger partial charge in [-0.2, -0.15) is 0 Å². The summed E-state index contributed by atoms with van der Waals surface area (Å²) in [6.07, 6.45) is 4.74. The van der Waals surface area contributed by atoms with Crippen LogP contribution in [0.2, 0.25) is 0 Å². The van der Waals surface area contributed by atoms with Gasteiger partial charge in [0.25, 0.3) is 0 Å². The second-order valence-corrected chi connectivity index (χ2v) is 5.16. The van der Waals surface area contributed by atoms with Gasteiger partial charge in [-0.05, 0) is 27.2 Å². The van der Waals surface area contributed by atoms with Crippen LogP contribution in [-0.2, 0) is 17.9 Å². The molecule has 1 rings (SSSR count). The largest absolute Gasteiger partial charge is 0.373 e. The SMILES string of the molecule is CCCOCc1ncc(CNC(C)(C)C)cn1. The van der Waals surface area contributed by atoms with E-state index < -0.39 is 0 Å². The Bertz CT molecular complexity index is 316. The number of rotatable bonds is 6. The van der Waals surface area contributed by atoms with Crippen molar-refractivity contribution in [3.8, 4) is 0 Å². The number of hydrogen-bond acceptors (Lipinski definition) is 4. The molecule has 0 fully saturated rings. The molecule has 0 saturated heterocycles. The fraction of sp³-hybridized carbons (Fsp3) is 0.692. The molecule has 0 radical (unpaired) electrons. The minimum absolute atomic E-state index is 0.114. The first-order valence-electron chi connectivity index (χ1n) is 6.14. The van der Waals surface area contributed by atoms with E-state index >= 15 is 0 Å². The Balaban J connectivity index is 2.39. The Hall–Kier alpha value is -1.00. The second kappa shape index (κ2) is 6.67. The highest BCUT2D eigenvalue weighted by Gasteiger charge is 2.08. The molecular formula is C13H23N3O. The third kappa shape index (κ3) is 6.34. The van der Waals surface area contributed by atoms with Gasteiger partial charge in [0.15, 0.2) is 5.82 Å². The third-order valence-electron chi connectivity index (χ3n) is 2.16. The summed E-state index contributed by atoms with van der Waals surface area (Å²) >= 11 is 0. The van der Waals surface area contributed by atoms with Crippen LogP contribution in [0.3, 0.4) is 0 Å². The van der Waals surface area contributed by atoms with E-state index in [1.165, 1.54) is 0 Å². The molecule has 0 bridgehead atoms. The number of nitrogens with one attached hydrogen (secondary N) is 1. The van der Waals surface area contributed by atoms with Gasteiger partial charge in [0, 0.05) is 36.6 Å². The Kier molecular flexibility index (Phi) is 5.51. The molecule has 96 valence electrons. The van der Waals surface area contributed by atoms with E-state index in [4.69, 9.17) is 4.74 Å². The fourth-order valence-electron chi connectivity index (χ4n) is 1.22. The predicted molar refractivity (Wildman–Crippen MR) is 68.6 cm³/mol. The molecule has 4 heteroatoms. The zero-order valence-electron chi connectivity index (χ0n) is 11.3. The van der Waals surface area contributed by atoms with Crippen molar-refractivity contribution in [1.29, 1.82) is 0 Å². The van der Waals surface area contributed by atoms with Gasteiger partial charge < -0.3 is 10.1 Å². The van der Waals surface area contributed by atoms with E-state index in [2.05, 4.69) is 43.0 Å². The van der Waals surface area contributed by atoms with Crippen LogP contribution in [0.1, 0.15) is 45.5 Å². The smallest absolute Gasteiger partial charge is 0.153 e. The molecule has 1 heterocycles. The minimum atomic E-state index is 0.114. The first-order chi connectivity index (χ1) is 8.01. The Labute approximate surface area is 104 Å². The van der Waals surface area contributed by atoms with Crippen LogP contribution in [0.15, 0.2) is 12.4 Å². The highest BCUT2D eigenvalue weighted by molar-refractivity contribution is 5.05. The molecule has 0 aliphatic carbocycles. The maximum atomic E-state index is 5.38. The summed E-state index contributed by atoms with van der Waals surface area (Å²) in [5.74, 6) is 0.748. The van der Waals surface area contributed by atoms with Gasteiger partial charge in [0.1, 0.15) is 6.61 Å². The maximum absolute atomic E-state index is 5.38. The van der Waals surface area contributed by atoms with Crippen molar-refractivity contribution >= 4 is 0 Å². The summed E-state index contributed by atoms with van der Waals surface area (Å²) in [7, 11) is 0. The van der Waals surface area contributed by atoms with E-state index in [0.717, 1.165) is 31.0 Å². The van der Waals surface area contributed by atoms with Gasteiger partial charge in [-0.15, -0.1) is 0 Å². The molecule has 17 heavy (non-hydrogen) atoms. The lowest BCUT2D eigenvalue weighted by Gasteiger charge is -2.20. The summed E-state index contributed by atoms with van der Waals surface area (Å²) in [5, 5.41) is 3.40. The lowest BCUT2D eigenvalue weighted by molar-refractivity contribution is 0.116. The molecule has 1 aromatic heterocycles. The molecule has 0 atom stereocenters. The van der Waals surface area contributed by atoms with Gasteiger partial charge in [-0.1, -0.05) is 6.92 Å². The Morgan fingerprint density at radius 2 is 1.88 bits per heavy atom. The van der Waals surface area contributed by atoms with Gasteiger partial charge in [0.2, 0.25) is 0 Å². The Morgan fingerprint density at radius 3 is 2.41 bits per heavy atom. The van der Waals surface area contributed by atoms with E-state index in [1.807, 2.05) is 12.4 Å². The molecule has 0 spiro atoms. The Morgan fingerprint density at radius 1 is 1.24 bits per heavy atom. The third-order valence-corrected chi connectivity index (χ3v) is 2.16. The van der Waals surface area contributed by atoms with Crippen LogP contribution in [0.5, 0.6) is 0 Å². The van der Waals surface area contributed by atoms with Crippen molar-refractivity contribution in [2.75, 3.05) is 6.61 Å². The van der Waals surface area contributed by atoms with E-state index in [-0.39, 0.29) is 5.54 Å². The molecule has 0 aliphatic rings. The zero-order chi connectivity index (χ0) is 12.7. The van der Waals surface area contributed by atoms with Crippen LogP contribution in [0.4, 0.5) is 0 Å². The number of hydrogen-bond donors (Lipinski definition) is 1. The molecule has 0 unspecified atom stereocenters. The van der Waals surface area contributed by atoms with E-state index in [1.54, 1.807) is 0 Å². The highest BCUT2D eigenvalue weighted by atomic mass is 16.5. The van der Waals surface area contributed by atoms with Crippen molar-refractivity contribution in [2.24, 2.45) is 0 Å². The monoisotopic (exact) mass is 237 g/mol. The van der Waals surface area contributed by atoms with Gasteiger partial charge in [0.05, 0.1) is 0 Å². The average Bonchev–Trinajstić information content (AvgIpc) is 2.27. The van der Waals surface area contributed by atoms with Crippen molar-refractivity contribution in [3.63, 3.8) is 0 Å². The first kappa shape index (κ1) is 14.1. The first-order valence-corrected chi connectivity index (χ1v) is 6.14. The summed E-state index contributed by atoms with van der Waals surface area (Å²) in [4.78, 5) is 8.55. The van der Waals surface area contributed by atoms with Crippen LogP contribution >= 0.6 is 0 Å². The molecular weight excluding hydrogens is 214 g/mol. The molecule has 0 aliphatic heterocycles. The van der Waals surface area contributed by atoms with Crippen LogP contribution < -0.4 is 5.32 Å². The van der Waals surface area contributed by atoms with Gasteiger partial charge in [-0.25, -0.2) is 9.97 Å². The van der Waals surface area contributed by atoms with Crippen molar-refractivity contribution in [1.82, 2.24) is 15.3 Å². The summed E-state index contributed by atoms with van der Waals surface area (Å²) in [6.45, 7) is 10.6. The topological polar surface area (TPSA) is 47.0 Å². The second-order valence-electron chi connectivity index (χ2n) is 5.16. The van der Waals surface area contributed by atoms with E-state index in [0.29, 0.717) is 6.61 Å². The van der Waals surface area contributed by atoms with Gasteiger partial charge >= 0.3 is 0 Å². The summed E-state index contributed by atoms with van der Waals surface area (Å²) in [6, 6.07) is 0. The van der Waals surface area contributed by atoms with Crippen molar-refractivity contribution < 1.29 is 4.74 Å². The number of nitrogens with zero attached hydrogens (tertiary/aromatic N) is 2. The normalized spacial score (nSPS) is 11.8. The molecule has 1 N–H and O–H groups in total. The molecule has 0 aromatic carbocycles. The van der Waals surface area contributed by atoms with Gasteiger partial charge in [-0.3, -0.25) is 0 Å². The molecule has 0 saturated carbocycles. The molecule has 4 nitrogen and oxygen atoms in total. The van der Waals surface area contributed by atoms with Crippen molar-refractivity contribution in [3.05, 3.63) is 23.8 Å². The minimum Gasteiger partial charge on any atom is -0.373 e. The highest BCUT2D eigenvalue weighted by Crippen LogP contribution is 2.03. The summed E-state index contributed by atoms with van der Waals surface area (Å²) in [5.41, 5.74) is 1.21. The fourth-order valence-corrected chi connectivity index (χ4v) is 1.22. The number of ether oxygens (including phenoxy) is 1. The lowest BCUT2D eigenvalue weighted by Crippen LogP contribution is -2.35. The summed E-state index contributed by atoms with van der Waals surface area (Å²) < 4.78 is 5.38. The zero-order valence-corrected chi connectivity index (χ0v) is 11.3. The van der Waals surface area contributed by atoms with Crippen LogP contribution in [0, 0.1) is 0 Å². The van der Waals surface area contributed by atoms with E-state index in [9.17, 15) is 0 Å². The van der Waals surface area contributed by atoms with Crippen LogP contribution in [0.25, 0.3) is 0 Å². The molecule has 1 aromatic rings. The quantitative estimate of drug-likeness (QED) is 0.771. The maximum Gasteiger partial charge on any atom is 0.153 e. The van der Waals surface area contributed by atoms with Crippen molar-refractivity contribution in [2.45, 2.75) is 52.8 Å². The van der Waals surface area contributed by atoms with Crippen LogP contribution in [-0.4, -0.2) is 22.1 Å². The predicted octanol–water partition coefficient (Wildman–Crippen LogP) is 2.29.